The molecule has 19 heavy (non-hydrogen) atoms. The van der Waals surface area contributed by atoms with Crippen LogP contribution >= 0.6 is 23.2 Å². The number of nitrogens with zero attached hydrogens (tertiary/aromatic N) is 2. The van der Waals surface area contributed by atoms with Crippen molar-refractivity contribution in [3.05, 3.63) is 17.0 Å². The Hall–Kier alpha value is -0.740. The van der Waals surface area contributed by atoms with Gasteiger partial charge in [-0.25, -0.2) is 0 Å². The molecule has 1 amide bonds. The molecule has 1 saturated carbocycles. The van der Waals surface area contributed by atoms with Crippen molar-refractivity contribution >= 4 is 29.1 Å². The standard InChI is InChI=1S/C13H19Cl2N3O/c1-7(10-8(2)17-18(5)9(10)3)16-11(19)12(4)6-13(12,14)15/h7H,6H2,1-5H3,(H,16,19)/t7-,12-/m1/s1. The molecular formula is C13H19Cl2N3O. The van der Waals surface area contributed by atoms with E-state index in [-0.39, 0.29) is 11.9 Å². The normalized spacial score (nSPS) is 26.1. The van der Waals surface area contributed by atoms with Gasteiger partial charge in [0.05, 0.1) is 17.2 Å². The predicted octanol–water partition coefficient (Wildman–Crippen LogP) is 2.80. The van der Waals surface area contributed by atoms with Gasteiger partial charge in [-0.05, 0) is 34.1 Å². The molecule has 1 N–H and O–H groups in total. The van der Waals surface area contributed by atoms with Crippen LogP contribution in [0.5, 0.6) is 0 Å². The molecule has 2 rings (SSSR count). The molecule has 4 nitrogen and oxygen atoms in total. The van der Waals surface area contributed by atoms with E-state index in [1.807, 2.05) is 32.5 Å². The summed E-state index contributed by atoms with van der Waals surface area (Å²) < 4.78 is 0.884. The number of carbonyl (C=O) groups excluding carboxylic acids is 1. The number of alkyl halides is 2. The zero-order valence-corrected chi connectivity index (χ0v) is 13.4. The number of amides is 1. The number of aryl methyl sites for hydroxylation is 2. The molecule has 0 aromatic carbocycles. The van der Waals surface area contributed by atoms with E-state index in [0.717, 1.165) is 17.0 Å². The lowest BCUT2D eigenvalue weighted by molar-refractivity contribution is -0.126. The van der Waals surface area contributed by atoms with Crippen LogP contribution < -0.4 is 5.32 Å². The predicted molar refractivity (Wildman–Crippen MR) is 76.4 cm³/mol. The smallest absolute Gasteiger partial charge is 0.229 e. The van der Waals surface area contributed by atoms with Gasteiger partial charge < -0.3 is 5.32 Å². The number of aromatic nitrogens is 2. The van der Waals surface area contributed by atoms with Gasteiger partial charge in [0, 0.05) is 18.3 Å². The number of hydrogen-bond donors (Lipinski definition) is 1. The van der Waals surface area contributed by atoms with Crippen molar-refractivity contribution in [1.82, 2.24) is 15.1 Å². The maximum Gasteiger partial charge on any atom is 0.229 e. The van der Waals surface area contributed by atoms with Gasteiger partial charge >= 0.3 is 0 Å². The van der Waals surface area contributed by atoms with Crippen molar-refractivity contribution in [2.45, 2.75) is 44.5 Å². The van der Waals surface area contributed by atoms with Crippen molar-refractivity contribution in [1.29, 1.82) is 0 Å². The largest absolute Gasteiger partial charge is 0.349 e. The van der Waals surface area contributed by atoms with Gasteiger partial charge in [-0.3, -0.25) is 9.48 Å². The molecule has 106 valence electrons. The molecule has 0 aliphatic heterocycles. The summed E-state index contributed by atoms with van der Waals surface area (Å²) in [6.07, 6.45) is 0.493. The van der Waals surface area contributed by atoms with E-state index < -0.39 is 9.75 Å². The van der Waals surface area contributed by atoms with E-state index in [4.69, 9.17) is 23.2 Å². The van der Waals surface area contributed by atoms with E-state index in [2.05, 4.69) is 10.4 Å². The summed E-state index contributed by atoms with van der Waals surface area (Å²) in [5.74, 6) is -0.104. The van der Waals surface area contributed by atoms with Crippen molar-refractivity contribution in [3.8, 4) is 0 Å². The van der Waals surface area contributed by atoms with Gasteiger partial charge in [0.25, 0.3) is 0 Å². The fourth-order valence-corrected chi connectivity index (χ4v) is 3.20. The maximum absolute atomic E-state index is 12.2. The fraction of sp³-hybridized carbons (Fsp3) is 0.692. The molecule has 0 radical (unpaired) electrons. The van der Waals surface area contributed by atoms with Crippen LogP contribution in [0.25, 0.3) is 0 Å². The van der Waals surface area contributed by atoms with Gasteiger partial charge in [-0.2, -0.15) is 5.10 Å². The van der Waals surface area contributed by atoms with Crippen LogP contribution in [0.4, 0.5) is 0 Å². The summed E-state index contributed by atoms with van der Waals surface area (Å²) in [6, 6.07) is -0.109. The first-order valence-corrected chi connectivity index (χ1v) is 7.04. The highest BCUT2D eigenvalue weighted by molar-refractivity contribution is 6.53. The van der Waals surface area contributed by atoms with Crippen LogP contribution in [-0.2, 0) is 11.8 Å². The van der Waals surface area contributed by atoms with Crippen molar-refractivity contribution in [2.75, 3.05) is 0 Å². The molecule has 1 aromatic heterocycles. The Balaban J connectivity index is 2.14. The van der Waals surface area contributed by atoms with Crippen molar-refractivity contribution in [2.24, 2.45) is 12.5 Å². The van der Waals surface area contributed by atoms with Crippen LogP contribution in [0.1, 0.15) is 43.3 Å². The molecule has 0 spiro atoms. The summed E-state index contributed by atoms with van der Waals surface area (Å²) in [6.45, 7) is 7.67. The zero-order valence-electron chi connectivity index (χ0n) is 11.8. The Kier molecular flexibility index (Phi) is 3.38. The number of nitrogens with one attached hydrogen (secondary N) is 1. The highest BCUT2D eigenvalue weighted by Gasteiger charge is 2.68. The fourth-order valence-electron chi connectivity index (χ4n) is 2.49. The summed E-state index contributed by atoms with van der Waals surface area (Å²) in [5.41, 5.74) is 2.34. The Morgan fingerprint density at radius 1 is 1.47 bits per heavy atom. The number of hydrogen-bond acceptors (Lipinski definition) is 2. The lowest BCUT2D eigenvalue weighted by Gasteiger charge is -2.19. The second kappa shape index (κ2) is 4.38. The molecular weight excluding hydrogens is 285 g/mol. The molecule has 1 aliphatic carbocycles. The molecule has 6 heteroatoms. The second-order valence-corrected chi connectivity index (χ2v) is 7.10. The first-order valence-electron chi connectivity index (χ1n) is 6.29. The molecule has 1 fully saturated rings. The van der Waals surface area contributed by atoms with E-state index in [1.165, 1.54) is 0 Å². The third-order valence-electron chi connectivity index (χ3n) is 4.10. The summed E-state index contributed by atoms with van der Waals surface area (Å²) in [4.78, 5) is 12.2. The van der Waals surface area contributed by atoms with E-state index in [1.54, 1.807) is 6.92 Å². The van der Waals surface area contributed by atoms with Crippen LogP contribution in [0.2, 0.25) is 0 Å². The molecule has 1 aromatic rings. The maximum atomic E-state index is 12.2. The van der Waals surface area contributed by atoms with Gasteiger partial charge in [-0.15, -0.1) is 23.2 Å². The molecule has 1 heterocycles. The molecule has 0 bridgehead atoms. The number of rotatable bonds is 3. The van der Waals surface area contributed by atoms with Crippen LogP contribution in [-0.4, -0.2) is 20.0 Å². The highest BCUT2D eigenvalue weighted by atomic mass is 35.5. The Labute approximate surface area is 123 Å². The van der Waals surface area contributed by atoms with Gasteiger partial charge in [0.2, 0.25) is 5.91 Å². The van der Waals surface area contributed by atoms with Crippen LogP contribution in [0.3, 0.4) is 0 Å². The average Bonchev–Trinajstić information content (AvgIpc) is 2.67. The lowest BCUT2D eigenvalue weighted by Crippen LogP contribution is -2.35. The van der Waals surface area contributed by atoms with Crippen LogP contribution in [0.15, 0.2) is 0 Å². The Morgan fingerprint density at radius 2 is 2.00 bits per heavy atom. The first kappa shape index (κ1) is 14.7. The van der Waals surface area contributed by atoms with Gasteiger partial charge in [-0.1, -0.05) is 0 Å². The lowest BCUT2D eigenvalue weighted by atomic mass is 10.0. The molecule has 1 aliphatic rings. The number of carbonyl (C=O) groups is 1. The SMILES string of the molecule is Cc1nn(C)c(C)c1[C@@H](C)NC(=O)[C@@]1(C)CC1(Cl)Cl. The average molecular weight is 304 g/mol. The zero-order chi connectivity index (χ0) is 14.6. The number of halogens is 2. The molecule has 0 saturated heterocycles. The third kappa shape index (κ3) is 2.25. The van der Waals surface area contributed by atoms with Crippen molar-refractivity contribution < 1.29 is 4.79 Å². The Bertz CT molecular complexity index is 538. The van der Waals surface area contributed by atoms with Gasteiger partial charge in [0.15, 0.2) is 0 Å². The van der Waals surface area contributed by atoms with Gasteiger partial charge in [0.1, 0.15) is 4.33 Å². The van der Waals surface area contributed by atoms with E-state index in [9.17, 15) is 4.79 Å². The minimum absolute atomic E-state index is 0.104. The topological polar surface area (TPSA) is 46.9 Å². The molecule has 0 unspecified atom stereocenters. The second-order valence-electron chi connectivity index (χ2n) is 5.62. The monoisotopic (exact) mass is 303 g/mol. The van der Waals surface area contributed by atoms with E-state index >= 15 is 0 Å². The summed E-state index contributed by atoms with van der Waals surface area (Å²) >= 11 is 12.1. The minimum atomic E-state index is -0.935. The van der Waals surface area contributed by atoms with Crippen LogP contribution in [0, 0.1) is 19.3 Å². The van der Waals surface area contributed by atoms with Crippen molar-refractivity contribution in [3.63, 3.8) is 0 Å². The van der Waals surface area contributed by atoms with E-state index in [0.29, 0.717) is 6.42 Å². The summed E-state index contributed by atoms with van der Waals surface area (Å²) in [5, 5.41) is 7.35. The third-order valence-corrected chi connectivity index (χ3v) is 5.21. The molecule has 2 atom stereocenters. The highest BCUT2D eigenvalue weighted by Crippen LogP contribution is 2.63. The Morgan fingerprint density at radius 3 is 2.37 bits per heavy atom. The summed E-state index contributed by atoms with van der Waals surface area (Å²) in [7, 11) is 1.89. The minimum Gasteiger partial charge on any atom is -0.349 e. The first-order chi connectivity index (χ1) is 8.60. The quantitative estimate of drug-likeness (QED) is 0.873.